The van der Waals surface area contributed by atoms with Crippen molar-refractivity contribution in [1.82, 2.24) is 24.9 Å². The van der Waals surface area contributed by atoms with Crippen LogP contribution in [0.25, 0.3) is 11.0 Å². The molecule has 1 amide bonds. The van der Waals surface area contributed by atoms with Crippen LogP contribution in [-0.4, -0.2) is 32.0 Å². The zero-order valence-corrected chi connectivity index (χ0v) is 13.0. The number of hydrogen-bond donors (Lipinski definition) is 1. The number of amides is 1. The quantitative estimate of drug-likeness (QED) is 0.799. The first-order valence-corrected chi connectivity index (χ1v) is 7.26. The Morgan fingerprint density at radius 1 is 1.32 bits per heavy atom. The molecule has 3 aromatic rings. The molecule has 0 aliphatic rings. The van der Waals surface area contributed by atoms with Crippen LogP contribution >= 0.6 is 0 Å². The van der Waals surface area contributed by atoms with Gasteiger partial charge in [-0.15, -0.1) is 0 Å². The molecule has 114 valence electrons. The molecule has 2 heterocycles. The van der Waals surface area contributed by atoms with Crippen molar-refractivity contribution in [3.05, 3.63) is 47.3 Å². The van der Waals surface area contributed by atoms with Gasteiger partial charge in [0.15, 0.2) is 0 Å². The molecular formula is C16H19N5O. The Labute approximate surface area is 128 Å². The number of benzene rings is 1. The molecule has 1 N–H and O–H groups in total. The fraction of sp³-hybridized carbons (Fsp3) is 0.312. The van der Waals surface area contributed by atoms with Crippen LogP contribution in [0.3, 0.4) is 0 Å². The first-order valence-electron chi connectivity index (χ1n) is 7.26. The van der Waals surface area contributed by atoms with Crippen LogP contribution < -0.4 is 5.32 Å². The molecule has 0 spiro atoms. The van der Waals surface area contributed by atoms with E-state index in [-0.39, 0.29) is 5.91 Å². The summed E-state index contributed by atoms with van der Waals surface area (Å²) >= 11 is 0. The van der Waals surface area contributed by atoms with Crippen LogP contribution in [0, 0.1) is 13.8 Å². The van der Waals surface area contributed by atoms with Gasteiger partial charge < -0.3 is 5.32 Å². The van der Waals surface area contributed by atoms with E-state index in [1.165, 1.54) is 0 Å². The van der Waals surface area contributed by atoms with Crippen molar-refractivity contribution in [2.45, 2.75) is 20.4 Å². The minimum atomic E-state index is -0.0602. The van der Waals surface area contributed by atoms with Gasteiger partial charge in [-0.1, -0.05) is 17.7 Å². The van der Waals surface area contributed by atoms with Gasteiger partial charge in [-0.2, -0.15) is 10.2 Å². The highest BCUT2D eigenvalue weighted by molar-refractivity contribution is 5.94. The van der Waals surface area contributed by atoms with Crippen molar-refractivity contribution in [1.29, 1.82) is 0 Å². The highest BCUT2D eigenvalue weighted by atomic mass is 16.1. The molecule has 6 nitrogen and oxygen atoms in total. The van der Waals surface area contributed by atoms with Crippen LogP contribution in [0.2, 0.25) is 0 Å². The number of hydrogen-bond acceptors (Lipinski definition) is 3. The molecule has 0 radical (unpaired) electrons. The number of nitrogens with zero attached hydrogens (tertiary/aromatic N) is 4. The van der Waals surface area contributed by atoms with Gasteiger partial charge in [-0.25, -0.2) is 0 Å². The van der Waals surface area contributed by atoms with Crippen LogP contribution in [0.5, 0.6) is 0 Å². The van der Waals surface area contributed by atoms with E-state index < -0.39 is 0 Å². The normalized spacial score (nSPS) is 11.0. The van der Waals surface area contributed by atoms with E-state index in [2.05, 4.69) is 15.5 Å². The molecule has 0 saturated carbocycles. The third-order valence-electron chi connectivity index (χ3n) is 3.70. The number of carbonyl (C=O) groups excluding carboxylic acids is 1. The fourth-order valence-electron chi connectivity index (χ4n) is 2.64. The van der Waals surface area contributed by atoms with Crippen molar-refractivity contribution in [2.75, 3.05) is 6.54 Å². The monoisotopic (exact) mass is 297 g/mol. The molecule has 0 fully saturated rings. The largest absolute Gasteiger partial charge is 0.350 e. The topological polar surface area (TPSA) is 64.7 Å². The molecule has 0 saturated heterocycles. The lowest BCUT2D eigenvalue weighted by Crippen LogP contribution is -2.27. The molecule has 0 atom stereocenters. The number of nitrogens with one attached hydrogen (secondary N) is 1. The highest BCUT2D eigenvalue weighted by Crippen LogP contribution is 2.16. The maximum Gasteiger partial charge on any atom is 0.251 e. The van der Waals surface area contributed by atoms with Crippen molar-refractivity contribution in [3.8, 4) is 0 Å². The molecular weight excluding hydrogens is 278 g/mol. The molecule has 6 heteroatoms. The number of fused-ring (bicyclic) bond motifs is 1. The number of carbonyl (C=O) groups is 1. The SMILES string of the molecule is Cc1cccc(C(=O)NCCn2ncc3c2c(C)nn3C)c1. The van der Waals surface area contributed by atoms with Gasteiger partial charge in [0, 0.05) is 19.2 Å². The second-order valence-electron chi connectivity index (χ2n) is 5.44. The highest BCUT2D eigenvalue weighted by Gasteiger charge is 2.11. The smallest absolute Gasteiger partial charge is 0.251 e. The van der Waals surface area contributed by atoms with Crippen LogP contribution in [0.15, 0.2) is 30.5 Å². The molecule has 0 unspecified atom stereocenters. The lowest BCUT2D eigenvalue weighted by molar-refractivity contribution is 0.0952. The first-order chi connectivity index (χ1) is 10.6. The summed E-state index contributed by atoms with van der Waals surface area (Å²) in [5, 5.41) is 11.7. The van der Waals surface area contributed by atoms with Crippen LogP contribution in [0.4, 0.5) is 0 Å². The average Bonchev–Trinajstić information content (AvgIpc) is 3.02. The zero-order valence-electron chi connectivity index (χ0n) is 13.0. The van der Waals surface area contributed by atoms with E-state index in [9.17, 15) is 4.79 Å². The Morgan fingerprint density at radius 3 is 2.91 bits per heavy atom. The second-order valence-corrected chi connectivity index (χ2v) is 5.44. The Morgan fingerprint density at radius 2 is 2.14 bits per heavy atom. The Bertz CT molecular complexity index is 830. The molecule has 0 aliphatic heterocycles. The van der Waals surface area contributed by atoms with Crippen molar-refractivity contribution >= 4 is 16.9 Å². The summed E-state index contributed by atoms with van der Waals surface area (Å²) in [7, 11) is 1.90. The van der Waals surface area contributed by atoms with E-state index in [0.29, 0.717) is 18.7 Å². The van der Waals surface area contributed by atoms with Crippen molar-refractivity contribution < 1.29 is 4.79 Å². The maximum atomic E-state index is 12.1. The predicted molar refractivity (Wildman–Crippen MR) is 84.7 cm³/mol. The van der Waals surface area contributed by atoms with E-state index in [4.69, 9.17) is 0 Å². The summed E-state index contributed by atoms with van der Waals surface area (Å²) in [5.74, 6) is -0.0602. The summed E-state index contributed by atoms with van der Waals surface area (Å²) in [6.45, 7) is 5.08. The second kappa shape index (κ2) is 5.63. The predicted octanol–water partition coefficient (Wildman–Crippen LogP) is 1.82. The van der Waals surface area contributed by atoms with Crippen molar-refractivity contribution in [2.24, 2.45) is 7.05 Å². The van der Waals surface area contributed by atoms with Gasteiger partial charge in [0.25, 0.3) is 5.91 Å². The van der Waals surface area contributed by atoms with E-state index in [1.807, 2.05) is 54.5 Å². The molecule has 2 aromatic heterocycles. The molecule has 3 rings (SSSR count). The Hall–Kier alpha value is -2.63. The van der Waals surface area contributed by atoms with Gasteiger partial charge in [0.2, 0.25) is 0 Å². The van der Waals surface area contributed by atoms with Crippen LogP contribution in [-0.2, 0) is 13.6 Å². The minimum absolute atomic E-state index is 0.0602. The third-order valence-corrected chi connectivity index (χ3v) is 3.70. The van der Waals surface area contributed by atoms with Gasteiger partial charge in [0.05, 0.1) is 18.4 Å². The summed E-state index contributed by atoms with van der Waals surface area (Å²) < 4.78 is 3.70. The molecule has 0 bridgehead atoms. The molecule has 1 aromatic carbocycles. The van der Waals surface area contributed by atoms with E-state index in [0.717, 1.165) is 22.3 Å². The summed E-state index contributed by atoms with van der Waals surface area (Å²) in [6.07, 6.45) is 1.80. The third kappa shape index (κ3) is 2.59. The summed E-state index contributed by atoms with van der Waals surface area (Å²) in [4.78, 5) is 12.1. The maximum absolute atomic E-state index is 12.1. The number of rotatable bonds is 4. The average molecular weight is 297 g/mol. The molecule has 22 heavy (non-hydrogen) atoms. The Balaban J connectivity index is 1.66. The van der Waals surface area contributed by atoms with Gasteiger partial charge in [-0.05, 0) is 26.0 Å². The standard InChI is InChI=1S/C16H19N5O/c1-11-5-4-6-13(9-11)16(22)17-7-8-21-15-12(2)19-20(3)14(15)10-18-21/h4-6,9-10H,7-8H2,1-3H3,(H,17,22). The van der Waals surface area contributed by atoms with Crippen molar-refractivity contribution in [3.63, 3.8) is 0 Å². The van der Waals surface area contributed by atoms with Crippen LogP contribution in [0.1, 0.15) is 21.6 Å². The van der Waals surface area contributed by atoms with Gasteiger partial charge in [-0.3, -0.25) is 14.2 Å². The minimum Gasteiger partial charge on any atom is -0.350 e. The lowest BCUT2D eigenvalue weighted by atomic mass is 10.1. The fourth-order valence-corrected chi connectivity index (χ4v) is 2.64. The Kier molecular flexibility index (Phi) is 3.66. The zero-order chi connectivity index (χ0) is 15.7. The van der Waals surface area contributed by atoms with E-state index >= 15 is 0 Å². The van der Waals surface area contributed by atoms with E-state index in [1.54, 1.807) is 6.20 Å². The number of aromatic nitrogens is 4. The summed E-state index contributed by atoms with van der Waals surface area (Å²) in [6, 6.07) is 7.56. The number of aryl methyl sites for hydroxylation is 3. The first kappa shape index (κ1) is 14.3. The molecule has 0 aliphatic carbocycles. The summed E-state index contributed by atoms with van der Waals surface area (Å²) in [5.41, 5.74) is 4.73. The van der Waals surface area contributed by atoms with Gasteiger partial charge in [0.1, 0.15) is 11.0 Å². The van der Waals surface area contributed by atoms with Gasteiger partial charge >= 0.3 is 0 Å². The lowest BCUT2D eigenvalue weighted by Gasteiger charge is -2.07.